The number of hydrogen-bond donors (Lipinski definition) is 2. The van der Waals surface area contributed by atoms with Crippen molar-refractivity contribution >= 4 is 38.4 Å². The van der Waals surface area contributed by atoms with Crippen LogP contribution < -0.4 is 10.7 Å². The summed E-state index contributed by atoms with van der Waals surface area (Å²) >= 11 is 1.18. The zero-order chi connectivity index (χ0) is 23.8. The van der Waals surface area contributed by atoms with Crippen molar-refractivity contribution in [2.75, 3.05) is 0 Å². The summed E-state index contributed by atoms with van der Waals surface area (Å²) in [6.07, 6.45) is 0. The standard InChI is InChI=1S/C19H15N7O5S2/c1-11-17(23-22-13-5-7-15(8-6-13)33(20,30)31)18(27)25(24-11)19-21-16(10-32-19)12-3-2-4-14(9-12)26(28)29/h2-10,24H,1H3,(H2,20,30,31). The molecule has 12 nitrogen and oxygen atoms in total. The van der Waals surface area contributed by atoms with Crippen LogP contribution in [0.5, 0.6) is 0 Å². The van der Waals surface area contributed by atoms with E-state index in [4.69, 9.17) is 5.14 Å². The number of aromatic amines is 1. The van der Waals surface area contributed by atoms with Crippen molar-refractivity contribution in [3.8, 4) is 16.4 Å². The van der Waals surface area contributed by atoms with Crippen LogP contribution in [0.2, 0.25) is 0 Å². The van der Waals surface area contributed by atoms with Gasteiger partial charge in [-0.3, -0.25) is 20.0 Å². The second-order valence-electron chi connectivity index (χ2n) is 6.79. The number of azo groups is 1. The summed E-state index contributed by atoms with van der Waals surface area (Å²) < 4.78 is 23.9. The quantitative estimate of drug-likeness (QED) is 0.239. The summed E-state index contributed by atoms with van der Waals surface area (Å²) in [5, 5.41) is 28.9. The summed E-state index contributed by atoms with van der Waals surface area (Å²) in [6, 6.07) is 11.4. The average molecular weight is 486 g/mol. The molecule has 4 rings (SSSR count). The first kappa shape index (κ1) is 22.2. The molecule has 168 valence electrons. The smallest absolute Gasteiger partial charge is 0.291 e. The number of aryl methyl sites for hydroxylation is 1. The number of benzene rings is 2. The van der Waals surface area contributed by atoms with Gasteiger partial charge in [0.15, 0.2) is 5.69 Å². The number of aromatic nitrogens is 3. The van der Waals surface area contributed by atoms with Crippen LogP contribution >= 0.6 is 11.3 Å². The van der Waals surface area contributed by atoms with E-state index in [0.717, 1.165) is 0 Å². The van der Waals surface area contributed by atoms with E-state index in [-0.39, 0.29) is 16.3 Å². The van der Waals surface area contributed by atoms with Gasteiger partial charge >= 0.3 is 5.56 Å². The number of sulfonamides is 1. The normalized spacial score (nSPS) is 11.8. The lowest BCUT2D eigenvalue weighted by Gasteiger charge is -1.97. The van der Waals surface area contributed by atoms with Crippen LogP contribution in [-0.4, -0.2) is 28.1 Å². The van der Waals surface area contributed by atoms with Gasteiger partial charge in [0.2, 0.25) is 15.2 Å². The maximum Gasteiger partial charge on any atom is 0.301 e. The topological polar surface area (TPSA) is 179 Å². The van der Waals surface area contributed by atoms with Crippen molar-refractivity contribution in [3.05, 3.63) is 80.1 Å². The van der Waals surface area contributed by atoms with Gasteiger partial charge in [-0.05, 0) is 31.2 Å². The van der Waals surface area contributed by atoms with Crippen LogP contribution in [-0.2, 0) is 10.0 Å². The molecule has 0 saturated heterocycles. The number of thiazole rings is 1. The van der Waals surface area contributed by atoms with E-state index in [2.05, 4.69) is 20.3 Å². The fourth-order valence-electron chi connectivity index (χ4n) is 2.88. The predicted molar refractivity (Wildman–Crippen MR) is 121 cm³/mol. The second-order valence-corrected chi connectivity index (χ2v) is 9.19. The van der Waals surface area contributed by atoms with Crippen molar-refractivity contribution < 1.29 is 13.3 Å². The number of primary sulfonamides is 1. The van der Waals surface area contributed by atoms with Crippen molar-refractivity contribution in [1.29, 1.82) is 0 Å². The monoisotopic (exact) mass is 485 g/mol. The van der Waals surface area contributed by atoms with Crippen molar-refractivity contribution in [2.45, 2.75) is 11.8 Å². The largest absolute Gasteiger partial charge is 0.301 e. The maximum absolute atomic E-state index is 12.8. The SMILES string of the molecule is Cc1[nH]n(-c2nc(-c3cccc([N+](=O)[O-])c3)cs2)c(=O)c1N=Nc1ccc(S(N)(=O)=O)cc1. The first-order valence-corrected chi connectivity index (χ1v) is 11.6. The van der Waals surface area contributed by atoms with E-state index in [1.807, 2.05) is 0 Å². The van der Waals surface area contributed by atoms with E-state index >= 15 is 0 Å². The molecule has 0 unspecified atom stereocenters. The van der Waals surface area contributed by atoms with E-state index in [9.17, 15) is 23.3 Å². The Morgan fingerprint density at radius 2 is 1.91 bits per heavy atom. The molecule has 2 aromatic heterocycles. The first-order chi connectivity index (χ1) is 15.6. The molecule has 3 N–H and O–H groups in total. The highest BCUT2D eigenvalue weighted by atomic mass is 32.2. The molecule has 0 spiro atoms. The Morgan fingerprint density at radius 1 is 1.18 bits per heavy atom. The molecule has 0 amide bonds. The molecule has 0 bridgehead atoms. The third-order valence-corrected chi connectivity index (χ3v) is 6.26. The molecule has 33 heavy (non-hydrogen) atoms. The number of nitrogens with zero attached hydrogens (tertiary/aromatic N) is 5. The average Bonchev–Trinajstić information content (AvgIpc) is 3.37. The lowest BCUT2D eigenvalue weighted by molar-refractivity contribution is -0.384. The summed E-state index contributed by atoms with van der Waals surface area (Å²) in [4.78, 5) is 27.7. The number of nitro benzene ring substituents is 1. The van der Waals surface area contributed by atoms with Crippen molar-refractivity contribution in [3.63, 3.8) is 0 Å². The number of hydrogen-bond acceptors (Lipinski definition) is 9. The van der Waals surface area contributed by atoms with E-state index in [0.29, 0.717) is 27.8 Å². The van der Waals surface area contributed by atoms with Gasteiger partial charge in [-0.1, -0.05) is 12.1 Å². The van der Waals surface area contributed by atoms with Gasteiger partial charge in [-0.2, -0.15) is 9.80 Å². The Bertz CT molecular complexity index is 1550. The molecule has 2 heterocycles. The zero-order valence-corrected chi connectivity index (χ0v) is 18.5. The Labute approximate surface area is 190 Å². The molecule has 4 aromatic rings. The number of nitrogens with one attached hydrogen (secondary N) is 1. The summed E-state index contributed by atoms with van der Waals surface area (Å²) in [5.74, 6) is 0. The van der Waals surface area contributed by atoms with Crippen LogP contribution in [0.25, 0.3) is 16.4 Å². The van der Waals surface area contributed by atoms with Gasteiger partial charge in [0.1, 0.15) is 0 Å². The number of H-pyrrole nitrogens is 1. The van der Waals surface area contributed by atoms with E-state index < -0.39 is 20.5 Å². The lowest BCUT2D eigenvalue weighted by Crippen LogP contribution is -2.13. The van der Waals surface area contributed by atoms with Crippen LogP contribution in [0, 0.1) is 17.0 Å². The predicted octanol–water partition coefficient (Wildman–Crippen LogP) is 3.57. The molecule has 2 aromatic carbocycles. The number of nitrogens with two attached hydrogens (primary N) is 1. The Morgan fingerprint density at radius 3 is 2.58 bits per heavy atom. The van der Waals surface area contributed by atoms with Gasteiger partial charge in [0.25, 0.3) is 5.69 Å². The fourth-order valence-corrected chi connectivity index (χ4v) is 4.19. The molecular formula is C19H15N7O5S2. The number of rotatable bonds is 6. The van der Waals surface area contributed by atoms with Gasteiger partial charge in [0.05, 0.1) is 26.9 Å². The highest BCUT2D eigenvalue weighted by Gasteiger charge is 2.16. The maximum atomic E-state index is 12.8. The van der Waals surface area contributed by atoms with Gasteiger partial charge in [0, 0.05) is 23.1 Å². The molecule has 0 atom stereocenters. The summed E-state index contributed by atoms with van der Waals surface area (Å²) in [5.41, 5.74) is 1.31. The molecule has 14 heteroatoms. The highest BCUT2D eigenvalue weighted by Crippen LogP contribution is 2.27. The fraction of sp³-hybridized carbons (Fsp3) is 0.0526. The minimum atomic E-state index is -3.82. The van der Waals surface area contributed by atoms with Gasteiger partial charge in [-0.25, -0.2) is 18.5 Å². The van der Waals surface area contributed by atoms with Crippen LogP contribution in [0.15, 0.2) is 73.8 Å². The minimum Gasteiger partial charge on any atom is -0.291 e. The first-order valence-electron chi connectivity index (χ1n) is 9.20. The second kappa shape index (κ2) is 8.50. The third kappa shape index (κ3) is 4.62. The molecule has 0 aliphatic heterocycles. The Balaban J connectivity index is 1.62. The van der Waals surface area contributed by atoms with Crippen LogP contribution in [0.3, 0.4) is 0 Å². The zero-order valence-electron chi connectivity index (χ0n) is 16.9. The van der Waals surface area contributed by atoms with Gasteiger partial charge < -0.3 is 0 Å². The molecule has 0 aliphatic carbocycles. The third-order valence-electron chi connectivity index (χ3n) is 4.51. The number of nitro groups is 1. The van der Waals surface area contributed by atoms with Crippen LogP contribution in [0.1, 0.15) is 5.69 Å². The Hall–Kier alpha value is -4.01. The summed E-state index contributed by atoms with van der Waals surface area (Å²) in [7, 11) is -3.82. The molecule has 0 aliphatic rings. The number of non-ortho nitro benzene ring substituents is 1. The van der Waals surface area contributed by atoms with Gasteiger partial charge in [-0.15, -0.1) is 16.5 Å². The minimum absolute atomic E-state index is 0.0534. The van der Waals surface area contributed by atoms with E-state index in [1.165, 1.54) is 52.4 Å². The van der Waals surface area contributed by atoms with Crippen molar-refractivity contribution in [2.24, 2.45) is 15.4 Å². The summed E-state index contributed by atoms with van der Waals surface area (Å²) in [6.45, 7) is 1.64. The van der Waals surface area contributed by atoms with Crippen LogP contribution in [0.4, 0.5) is 17.1 Å². The van der Waals surface area contributed by atoms with Crippen molar-refractivity contribution in [1.82, 2.24) is 14.8 Å². The molecule has 0 fully saturated rings. The molecular weight excluding hydrogens is 470 g/mol. The lowest BCUT2D eigenvalue weighted by atomic mass is 10.1. The van der Waals surface area contributed by atoms with E-state index in [1.54, 1.807) is 24.4 Å². The molecule has 0 saturated carbocycles. The Kier molecular flexibility index (Phi) is 5.71. The molecule has 0 radical (unpaired) electrons. The highest BCUT2D eigenvalue weighted by molar-refractivity contribution is 7.89.